The Balaban J connectivity index is 1.72. The summed E-state index contributed by atoms with van der Waals surface area (Å²) in [5.74, 6) is -3.53. The second kappa shape index (κ2) is 11.2. The number of amides is 4. The molecule has 2 N–H and O–H groups in total. The first-order valence-electron chi connectivity index (χ1n) is 9.77. The fourth-order valence-electron chi connectivity index (χ4n) is 3.00. The second-order valence-electron chi connectivity index (χ2n) is 7.05. The molecule has 2 rings (SSSR count). The summed E-state index contributed by atoms with van der Waals surface area (Å²) in [6.45, 7) is 1.06. The van der Waals surface area contributed by atoms with Gasteiger partial charge in [0.15, 0.2) is 11.6 Å². The van der Waals surface area contributed by atoms with Crippen molar-refractivity contribution in [1.82, 2.24) is 20.4 Å². The van der Waals surface area contributed by atoms with Crippen LogP contribution in [-0.4, -0.2) is 90.0 Å². The van der Waals surface area contributed by atoms with Crippen molar-refractivity contribution in [2.75, 3.05) is 39.3 Å². The molecule has 0 radical (unpaired) electrons. The van der Waals surface area contributed by atoms with Gasteiger partial charge in [0.05, 0.1) is 26.2 Å². The summed E-state index contributed by atoms with van der Waals surface area (Å²) in [6, 6.07) is 0. The van der Waals surface area contributed by atoms with E-state index in [1.807, 2.05) is 0 Å². The van der Waals surface area contributed by atoms with E-state index in [9.17, 15) is 33.6 Å². The largest absolute Gasteiger partial charge is 0.309 e. The number of rotatable bonds is 14. The van der Waals surface area contributed by atoms with Gasteiger partial charge in [-0.05, 0) is 0 Å². The Morgan fingerprint density at radius 1 is 0.742 bits per heavy atom. The molecule has 0 aromatic heterocycles. The zero-order valence-electron chi connectivity index (χ0n) is 17.1. The molecule has 31 heavy (non-hydrogen) atoms. The van der Waals surface area contributed by atoms with Crippen molar-refractivity contribution in [3.05, 3.63) is 24.3 Å². The van der Waals surface area contributed by atoms with Crippen LogP contribution in [0.4, 0.5) is 0 Å². The van der Waals surface area contributed by atoms with Crippen molar-refractivity contribution >= 4 is 41.0 Å². The van der Waals surface area contributed by atoms with Crippen molar-refractivity contribution in [3.8, 4) is 0 Å². The molecule has 2 aliphatic heterocycles. The highest BCUT2D eigenvalue weighted by Crippen LogP contribution is 2.04. The standard InChI is InChI=1S/C20H24N4O7/c1-2-16(27)13(7-21-9-14(25)11-23-17(28)3-4-18(23)29)8-22-10-15(26)12-24-19(30)5-6-20(24)31/h3-6,13,21-22H,2,7-12H2,1H3. The monoisotopic (exact) mass is 432 g/mol. The molecular formula is C20H24N4O7. The predicted octanol–water partition coefficient (Wildman–Crippen LogP) is -2.25. The zero-order valence-corrected chi connectivity index (χ0v) is 17.1. The van der Waals surface area contributed by atoms with Gasteiger partial charge < -0.3 is 10.6 Å². The van der Waals surface area contributed by atoms with Crippen LogP contribution in [-0.2, 0) is 33.6 Å². The van der Waals surface area contributed by atoms with Gasteiger partial charge in [0.1, 0.15) is 5.78 Å². The highest BCUT2D eigenvalue weighted by atomic mass is 16.2. The Labute approximate surface area is 178 Å². The summed E-state index contributed by atoms with van der Waals surface area (Å²) in [6.07, 6.45) is 4.65. The molecule has 0 atom stereocenters. The molecule has 0 unspecified atom stereocenters. The van der Waals surface area contributed by atoms with Crippen LogP contribution in [0.25, 0.3) is 0 Å². The third-order valence-electron chi connectivity index (χ3n) is 4.70. The molecule has 2 heterocycles. The summed E-state index contributed by atoms with van der Waals surface area (Å²) in [7, 11) is 0. The topological polar surface area (TPSA) is 150 Å². The van der Waals surface area contributed by atoms with Crippen LogP contribution in [0.15, 0.2) is 24.3 Å². The number of carbonyl (C=O) groups excluding carboxylic acids is 7. The van der Waals surface area contributed by atoms with Crippen molar-refractivity contribution in [1.29, 1.82) is 0 Å². The van der Waals surface area contributed by atoms with Gasteiger partial charge in [-0.15, -0.1) is 0 Å². The smallest absolute Gasteiger partial charge is 0.254 e. The number of nitrogens with one attached hydrogen (secondary N) is 2. The Morgan fingerprint density at radius 3 is 1.42 bits per heavy atom. The molecule has 0 saturated heterocycles. The van der Waals surface area contributed by atoms with Crippen LogP contribution in [0.1, 0.15) is 13.3 Å². The summed E-state index contributed by atoms with van der Waals surface area (Å²) in [5.41, 5.74) is 0. The quantitative estimate of drug-likeness (QED) is 0.290. The Kier molecular flexibility index (Phi) is 8.64. The molecule has 4 amide bonds. The molecule has 11 heteroatoms. The zero-order chi connectivity index (χ0) is 23.0. The van der Waals surface area contributed by atoms with Crippen LogP contribution in [0.2, 0.25) is 0 Å². The molecule has 0 aromatic carbocycles. The fourth-order valence-corrected chi connectivity index (χ4v) is 3.00. The van der Waals surface area contributed by atoms with E-state index in [0.29, 0.717) is 0 Å². The Morgan fingerprint density at radius 2 is 1.10 bits per heavy atom. The maximum atomic E-state index is 12.1. The molecule has 0 aromatic rings. The van der Waals surface area contributed by atoms with E-state index in [2.05, 4.69) is 10.6 Å². The van der Waals surface area contributed by atoms with Gasteiger partial charge in [-0.25, -0.2) is 0 Å². The number of Topliss-reactive ketones (excluding diaryl/α,β-unsaturated/α-hetero) is 3. The molecular weight excluding hydrogens is 408 g/mol. The lowest BCUT2D eigenvalue weighted by Crippen LogP contribution is -2.43. The first-order chi connectivity index (χ1) is 14.7. The fraction of sp³-hybridized carbons (Fsp3) is 0.450. The first-order valence-corrected chi connectivity index (χ1v) is 9.77. The molecule has 11 nitrogen and oxygen atoms in total. The minimum atomic E-state index is -0.542. The van der Waals surface area contributed by atoms with E-state index in [1.165, 1.54) is 0 Å². The molecule has 0 saturated carbocycles. The van der Waals surface area contributed by atoms with E-state index in [1.54, 1.807) is 6.92 Å². The number of nitrogens with zero attached hydrogens (tertiary/aromatic N) is 2. The van der Waals surface area contributed by atoms with Gasteiger partial charge >= 0.3 is 0 Å². The summed E-state index contributed by atoms with van der Waals surface area (Å²) in [5, 5.41) is 5.68. The van der Waals surface area contributed by atoms with Crippen LogP contribution >= 0.6 is 0 Å². The van der Waals surface area contributed by atoms with E-state index >= 15 is 0 Å². The molecule has 0 spiro atoms. The predicted molar refractivity (Wildman–Crippen MR) is 106 cm³/mol. The third kappa shape index (κ3) is 6.86. The Hall–Kier alpha value is -3.31. The van der Waals surface area contributed by atoms with Gasteiger partial charge in [0.2, 0.25) is 0 Å². The van der Waals surface area contributed by atoms with Crippen molar-refractivity contribution in [2.24, 2.45) is 5.92 Å². The van der Waals surface area contributed by atoms with Gasteiger partial charge in [-0.3, -0.25) is 43.4 Å². The average Bonchev–Trinajstić information content (AvgIpc) is 3.22. The summed E-state index contributed by atoms with van der Waals surface area (Å²) in [4.78, 5) is 83.6. The maximum Gasteiger partial charge on any atom is 0.254 e. The number of imide groups is 2. The van der Waals surface area contributed by atoms with Crippen LogP contribution < -0.4 is 10.6 Å². The molecule has 2 aliphatic rings. The number of ketones is 3. The highest BCUT2D eigenvalue weighted by Gasteiger charge is 2.27. The lowest BCUT2D eigenvalue weighted by Gasteiger charge is -2.18. The first kappa shape index (κ1) is 24.0. The van der Waals surface area contributed by atoms with Crippen LogP contribution in [0.3, 0.4) is 0 Å². The van der Waals surface area contributed by atoms with Crippen molar-refractivity contribution in [2.45, 2.75) is 13.3 Å². The van der Waals surface area contributed by atoms with E-state index in [0.717, 1.165) is 34.1 Å². The Bertz CT molecular complexity index is 764. The number of hydrogen-bond acceptors (Lipinski definition) is 9. The molecule has 166 valence electrons. The summed E-state index contributed by atoms with van der Waals surface area (Å²) < 4.78 is 0. The third-order valence-corrected chi connectivity index (χ3v) is 4.70. The van der Waals surface area contributed by atoms with Crippen LogP contribution in [0.5, 0.6) is 0 Å². The normalized spacial score (nSPS) is 15.7. The summed E-state index contributed by atoms with van der Waals surface area (Å²) >= 11 is 0. The van der Waals surface area contributed by atoms with Gasteiger partial charge in [0, 0.05) is 49.7 Å². The van der Waals surface area contributed by atoms with Gasteiger partial charge in [-0.2, -0.15) is 0 Å². The number of hydrogen-bond donors (Lipinski definition) is 2. The SMILES string of the molecule is CCC(=O)C(CNCC(=O)CN1C(=O)C=CC1=O)CNCC(=O)CN1C(=O)C=CC1=O. The van der Waals surface area contributed by atoms with E-state index < -0.39 is 29.5 Å². The van der Waals surface area contributed by atoms with Gasteiger partial charge in [-0.1, -0.05) is 6.92 Å². The van der Waals surface area contributed by atoms with Gasteiger partial charge in [0.25, 0.3) is 23.6 Å². The lowest BCUT2D eigenvalue weighted by molar-refractivity contribution is -0.140. The minimum Gasteiger partial charge on any atom is -0.309 e. The number of carbonyl (C=O) groups is 7. The van der Waals surface area contributed by atoms with Crippen molar-refractivity contribution < 1.29 is 33.6 Å². The second-order valence-corrected chi connectivity index (χ2v) is 7.05. The molecule has 0 fully saturated rings. The minimum absolute atomic E-state index is 0.0805. The van der Waals surface area contributed by atoms with Crippen molar-refractivity contribution in [3.63, 3.8) is 0 Å². The van der Waals surface area contributed by atoms with Crippen LogP contribution in [0, 0.1) is 5.92 Å². The average molecular weight is 432 g/mol. The van der Waals surface area contributed by atoms with E-state index in [-0.39, 0.29) is 63.0 Å². The van der Waals surface area contributed by atoms with E-state index in [4.69, 9.17) is 0 Å². The highest BCUT2D eigenvalue weighted by molar-refractivity contribution is 6.15. The maximum absolute atomic E-state index is 12.1. The lowest BCUT2D eigenvalue weighted by atomic mass is 10.0. The molecule has 0 bridgehead atoms. The molecule has 0 aliphatic carbocycles.